The van der Waals surface area contributed by atoms with Crippen LogP contribution < -0.4 is 5.73 Å². The summed E-state index contributed by atoms with van der Waals surface area (Å²) >= 11 is 0. The zero-order valence-electron chi connectivity index (χ0n) is 14.9. The second-order valence-electron chi connectivity index (χ2n) is 7.50. The molecule has 1 aliphatic heterocycles. The first-order valence-electron chi connectivity index (χ1n) is 9.42. The van der Waals surface area contributed by atoms with E-state index in [4.69, 9.17) is 5.73 Å². The highest BCUT2D eigenvalue weighted by molar-refractivity contribution is 5.79. The number of nitrogens with zero attached hydrogens (tertiary/aromatic N) is 2. The number of amides is 1. The fourth-order valence-corrected chi connectivity index (χ4v) is 4.42. The molecule has 1 saturated carbocycles. The summed E-state index contributed by atoms with van der Waals surface area (Å²) in [4.78, 5) is 17.5. The molecule has 4 nitrogen and oxygen atoms in total. The van der Waals surface area contributed by atoms with Gasteiger partial charge in [0, 0.05) is 32.1 Å². The van der Waals surface area contributed by atoms with Crippen LogP contribution in [-0.2, 0) is 11.3 Å². The number of nitrogens with two attached hydrogens (primary N) is 1. The Kier molecular flexibility index (Phi) is 5.90. The largest absolute Gasteiger partial charge is 0.341 e. The maximum Gasteiger partial charge on any atom is 0.226 e. The number of likely N-dealkylation sites (tertiary alicyclic amines) is 1. The average molecular weight is 329 g/mol. The minimum atomic E-state index is 0.157. The van der Waals surface area contributed by atoms with Crippen molar-refractivity contribution in [3.63, 3.8) is 0 Å². The minimum Gasteiger partial charge on any atom is -0.341 e. The minimum absolute atomic E-state index is 0.157. The van der Waals surface area contributed by atoms with Crippen LogP contribution in [0.2, 0.25) is 0 Å². The van der Waals surface area contributed by atoms with Gasteiger partial charge in [-0.05, 0) is 50.3 Å². The van der Waals surface area contributed by atoms with Gasteiger partial charge in [0.2, 0.25) is 5.91 Å². The van der Waals surface area contributed by atoms with E-state index in [1.54, 1.807) is 0 Å². The van der Waals surface area contributed by atoms with Crippen LogP contribution in [0.15, 0.2) is 30.3 Å². The predicted molar refractivity (Wildman–Crippen MR) is 97.4 cm³/mol. The second-order valence-corrected chi connectivity index (χ2v) is 7.50. The molecule has 0 bridgehead atoms. The summed E-state index contributed by atoms with van der Waals surface area (Å²) in [5, 5.41) is 0. The SMILES string of the molecule is CN(C(=O)[C@@H]1CCC[C@@H]1CN)C1CCCN(Cc2ccccc2)C1. The molecule has 3 rings (SSSR count). The highest BCUT2D eigenvalue weighted by Crippen LogP contribution is 2.33. The number of likely N-dealkylation sites (N-methyl/N-ethyl adjacent to an activating group) is 1. The number of hydrogen-bond donors (Lipinski definition) is 1. The van der Waals surface area contributed by atoms with Gasteiger partial charge < -0.3 is 10.6 Å². The molecule has 4 heteroatoms. The summed E-state index contributed by atoms with van der Waals surface area (Å²) < 4.78 is 0. The Morgan fingerprint density at radius 2 is 2.00 bits per heavy atom. The fraction of sp³-hybridized carbons (Fsp3) is 0.650. The van der Waals surface area contributed by atoms with E-state index in [1.165, 1.54) is 12.0 Å². The van der Waals surface area contributed by atoms with Gasteiger partial charge >= 0.3 is 0 Å². The van der Waals surface area contributed by atoms with Crippen molar-refractivity contribution in [1.82, 2.24) is 9.80 Å². The van der Waals surface area contributed by atoms with Gasteiger partial charge in [0.25, 0.3) is 0 Å². The Morgan fingerprint density at radius 1 is 1.21 bits per heavy atom. The number of piperidine rings is 1. The third-order valence-electron chi connectivity index (χ3n) is 5.90. The van der Waals surface area contributed by atoms with E-state index in [-0.39, 0.29) is 5.92 Å². The molecule has 1 aliphatic carbocycles. The lowest BCUT2D eigenvalue weighted by Crippen LogP contribution is -2.50. The van der Waals surface area contributed by atoms with Gasteiger partial charge in [0.15, 0.2) is 0 Å². The third-order valence-corrected chi connectivity index (χ3v) is 5.90. The van der Waals surface area contributed by atoms with Crippen LogP contribution in [0, 0.1) is 11.8 Å². The Labute approximate surface area is 146 Å². The molecule has 2 N–H and O–H groups in total. The van der Waals surface area contributed by atoms with E-state index in [1.807, 2.05) is 11.9 Å². The molecule has 0 spiro atoms. The van der Waals surface area contributed by atoms with Crippen molar-refractivity contribution in [2.24, 2.45) is 17.6 Å². The maximum absolute atomic E-state index is 12.9. The number of hydrogen-bond acceptors (Lipinski definition) is 3. The molecule has 0 radical (unpaired) electrons. The van der Waals surface area contributed by atoms with E-state index in [2.05, 4.69) is 35.2 Å². The molecule has 132 valence electrons. The Bertz CT molecular complexity index is 533. The topological polar surface area (TPSA) is 49.6 Å². The van der Waals surface area contributed by atoms with E-state index in [9.17, 15) is 4.79 Å². The van der Waals surface area contributed by atoms with E-state index >= 15 is 0 Å². The van der Waals surface area contributed by atoms with Gasteiger partial charge in [0.1, 0.15) is 0 Å². The van der Waals surface area contributed by atoms with Crippen molar-refractivity contribution >= 4 is 5.91 Å². The van der Waals surface area contributed by atoms with E-state index < -0.39 is 0 Å². The molecular formula is C20H31N3O. The van der Waals surface area contributed by atoms with Crippen LogP contribution in [-0.4, -0.2) is 48.4 Å². The van der Waals surface area contributed by atoms with Gasteiger partial charge in [-0.15, -0.1) is 0 Å². The monoisotopic (exact) mass is 329 g/mol. The normalized spacial score (nSPS) is 28.0. The van der Waals surface area contributed by atoms with Gasteiger partial charge in [0.05, 0.1) is 0 Å². The van der Waals surface area contributed by atoms with Crippen molar-refractivity contribution in [3.05, 3.63) is 35.9 Å². The molecule has 0 aromatic heterocycles. The first kappa shape index (κ1) is 17.4. The smallest absolute Gasteiger partial charge is 0.226 e. The van der Waals surface area contributed by atoms with Crippen LogP contribution in [0.3, 0.4) is 0 Å². The zero-order chi connectivity index (χ0) is 16.9. The first-order chi connectivity index (χ1) is 11.7. The van der Waals surface area contributed by atoms with Crippen LogP contribution in [0.4, 0.5) is 0 Å². The highest BCUT2D eigenvalue weighted by atomic mass is 16.2. The van der Waals surface area contributed by atoms with E-state index in [0.717, 1.165) is 45.3 Å². The molecule has 2 aliphatic rings. The summed E-state index contributed by atoms with van der Waals surface area (Å²) in [6.45, 7) is 3.74. The Balaban J connectivity index is 1.58. The zero-order valence-corrected chi connectivity index (χ0v) is 14.9. The average Bonchev–Trinajstić information content (AvgIpc) is 3.10. The quantitative estimate of drug-likeness (QED) is 0.903. The molecular weight excluding hydrogens is 298 g/mol. The van der Waals surface area contributed by atoms with Crippen molar-refractivity contribution in [2.75, 3.05) is 26.7 Å². The van der Waals surface area contributed by atoms with Gasteiger partial charge in [-0.2, -0.15) is 0 Å². The lowest BCUT2D eigenvalue weighted by atomic mass is 9.93. The number of benzene rings is 1. The summed E-state index contributed by atoms with van der Waals surface area (Å²) in [6.07, 6.45) is 5.57. The van der Waals surface area contributed by atoms with Crippen LogP contribution in [0.25, 0.3) is 0 Å². The lowest BCUT2D eigenvalue weighted by Gasteiger charge is -2.39. The molecule has 1 amide bonds. The number of carbonyl (C=O) groups excluding carboxylic acids is 1. The van der Waals surface area contributed by atoms with Crippen molar-refractivity contribution in [3.8, 4) is 0 Å². The molecule has 1 heterocycles. The highest BCUT2D eigenvalue weighted by Gasteiger charge is 2.36. The molecule has 2 fully saturated rings. The van der Waals surface area contributed by atoms with Crippen LogP contribution in [0.5, 0.6) is 0 Å². The van der Waals surface area contributed by atoms with Gasteiger partial charge in [-0.3, -0.25) is 9.69 Å². The first-order valence-corrected chi connectivity index (χ1v) is 9.42. The fourth-order valence-electron chi connectivity index (χ4n) is 4.42. The Morgan fingerprint density at radius 3 is 2.75 bits per heavy atom. The Hall–Kier alpha value is -1.39. The standard InChI is InChI=1S/C20H31N3O/c1-22(20(24)19-11-5-9-17(19)13-21)18-10-6-12-23(15-18)14-16-7-3-2-4-8-16/h2-4,7-8,17-19H,5-6,9-15,21H2,1H3/t17-,18?,19-/m1/s1. The molecule has 1 unspecified atom stereocenters. The summed E-state index contributed by atoms with van der Waals surface area (Å²) in [5.41, 5.74) is 7.22. The maximum atomic E-state index is 12.9. The molecule has 1 aromatic carbocycles. The molecule has 1 saturated heterocycles. The number of rotatable bonds is 5. The van der Waals surface area contributed by atoms with Gasteiger partial charge in [-0.1, -0.05) is 36.8 Å². The van der Waals surface area contributed by atoms with Crippen LogP contribution >= 0.6 is 0 Å². The molecule has 1 aromatic rings. The molecule has 24 heavy (non-hydrogen) atoms. The summed E-state index contributed by atoms with van der Waals surface area (Å²) in [7, 11) is 2.00. The summed E-state index contributed by atoms with van der Waals surface area (Å²) in [5.74, 6) is 0.878. The van der Waals surface area contributed by atoms with Crippen molar-refractivity contribution in [1.29, 1.82) is 0 Å². The van der Waals surface area contributed by atoms with Crippen LogP contribution in [0.1, 0.15) is 37.7 Å². The third kappa shape index (κ3) is 3.98. The second kappa shape index (κ2) is 8.13. The molecule has 3 atom stereocenters. The predicted octanol–water partition coefficient (Wildman–Crippen LogP) is 2.48. The lowest BCUT2D eigenvalue weighted by molar-refractivity contribution is -0.138. The van der Waals surface area contributed by atoms with E-state index in [0.29, 0.717) is 24.4 Å². The summed E-state index contributed by atoms with van der Waals surface area (Å²) in [6, 6.07) is 11.0. The van der Waals surface area contributed by atoms with Crippen molar-refractivity contribution < 1.29 is 4.79 Å². The van der Waals surface area contributed by atoms with Crippen molar-refractivity contribution in [2.45, 2.75) is 44.7 Å². The van der Waals surface area contributed by atoms with Gasteiger partial charge in [-0.25, -0.2) is 0 Å². The number of carbonyl (C=O) groups is 1.